The number of amides is 2. The normalized spacial score (nSPS) is 19.1. The molecule has 4 rings (SSSR count). The molecule has 1 heterocycles. The van der Waals surface area contributed by atoms with Gasteiger partial charge >= 0.3 is 11.8 Å². The summed E-state index contributed by atoms with van der Waals surface area (Å²) in [4.78, 5) is 27.9. The van der Waals surface area contributed by atoms with Gasteiger partial charge in [0.15, 0.2) is 11.5 Å². The van der Waals surface area contributed by atoms with Gasteiger partial charge in [0.1, 0.15) is 0 Å². The Morgan fingerprint density at radius 1 is 1.03 bits per heavy atom. The van der Waals surface area contributed by atoms with Crippen LogP contribution in [0.1, 0.15) is 31.2 Å². The van der Waals surface area contributed by atoms with Crippen molar-refractivity contribution < 1.29 is 19.1 Å². The van der Waals surface area contributed by atoms with Gasteiger partial charge in [0.25, 0.3) is 0 Å². The number of rotatable bonds is 6. The summed E-state index contributed by atoms with van der Waals surface area (Å²) in [5.74, 6) is -0.0463. The van der Waals surface area contributed by atoms with Crippen LogP contribution >= 0.6 is 0 Å². The number of hydrogen-bond acceptors (Lipinski definition) is 5. The first-order valence-corrected chi connectivity index (χ1v) is 11.3. The molecule has 2 amide bonds. The number of primary amides is 1. The number of carbonyl (C=O) groups is 2. The fraction of sp³-hybridized carbons (Fsp3) is 0.440. The van der Waals surface area contributed by atoms with Gasteiger partial charge in [0.2, 0.25) is 0 Å². The summed E-state index contributed by atoms with van der Waals surface area (Å²) in [5.41, 5.74) is 7.45. The first-order valence-electron chi connectivity index (χ1n) is 11.3. The van der Waals surface area contributed by atoms with Crippen molar-refractivity contribution in [3.63, 3.8) is 0 Å². The fourth-order valence-electron chi connectivity index (χ4n) is 4.70. The van der Waals surface area contributed by atoms with Crippen molar-refractivity contribution in [3.8, 4) is 11.5 Å². The van der Waals surface area contributed by atoms with Crippen LogP contribution in [-0.2, 0) is 16.0 Å². The van der Waals surface area contributed by atoms with Crippen molar-refractivity contribution in [1.82, 2.24) is 4.90 Å². The SMILES string of the molecule is COc1ccc(N2CCN(C(=O)C(N)=O)[C@@H](Cc3ccccc3)C2)cc1OC1CCCC1. The third kappa shape index (κ3) is 4.98. The highest BCUT2D eigenvalue weighted by Crippen LogP contribution is 2.35. The third-order valence-electron chi connectivity index (χ3n) is 6.38. The Morgan fingerprint density at radius 2 is 1.78 bits per heavy atom. The van der Waals surface area contributed by atoms with Crippen molar-refractivity contribution >= 4 is 17.5 Å². The summed E-state index contributed by atoms with van der Waals surface area (Å²) in [6, 6.07) is 15.8. The van der Waals surface area contributed by atoms with Crippen LogP contribution in [0.2, 0.25) is 0 Å². The summed E-state index contributed by atoms with van der Waals surface area (Å²) in [6.45, 7) is 1.65. The average Bonchev–Trinajstić information content (AvgIpc) is 3.32. The van der Waals surface area contributed by atoms with Crippen molar-refractivity contribution in [2.24, 2.45) is 5.73 Å². The number of nitrogens with zero attached hydrogens (tertiary/aromatic N) is 2. The van der Waals surface area contributed by atoms with Gasteiger partial charge in [0, 0.05) is 31.4 Å². The van der Waals surface area contributed by atoms with Crippen LogP contribution in [0.5, 0.6) is 11.5 Å². The molecule has 0 aromatic heterocycles. The number of benzene rings is 2. The highest BCUT2D eigenvalue weighted by molar-refractivity contribution is 6.34. The van der Waals surface area contributed by atoms with Gasteiger partial charge in [-0.25, -0.2) is 0 Å². The minimum atomic E-state index is -0.909. The summed E-state index contributed by atoms with van der Waals surface area (Å²) < 4.78 is 11.8. The van der Waals surface area contributed by atoms with E-state index in [2.05, 4.69) is 4.90 Å². The van der Waals surface area contributed by atoms with Gasteiger partial charge in [-0.05, 0) is 49.8 Å². The van der Waals surface area contributed by atoms with Crippen LogP contribution < -0.4 is 20.1 Å². The molecule has 2 fully saturated rings. The maximum atomic E-state index is 12.5. The molecule has 2 N–H and O–H groups in total. The molecule has 1 saturated heterocycles. The van der Waals surface area contributed by atoms with E-state index in [4.69, 9.17) is 15.2 Å². The van der Waals surface area contributed by atoms with E-state index in [0.717, 1.165) is 35.6 Å². The second kappa shape index (κ2) is 9.94. The molecule has 0 radical (unpaired) electrons. The maximum Gasteiger partial charge on any atom is 0.312 e. The summed E-state index contributed by atoms with van der Waals surface area (Å²) >= 11 is 0. The standard InChI is InChI=1S/C25H31N3O4/c1-31-22-12-11-19(16-23(22)32-21-9-5-6-10-21)27-13-14-28(25(30)24(26)29)20(17-27)15-18-7-3-2-4-8-18/h2-4,7-8,11-12,16,20-21H,5-6,9-10,13-15,17H2,1H3,(H2,26,29)/t20-/m0/s1. The van der Waals surface area contributed by atoms with Crippen molar-refractivity contribution in [2.75, 3.05) is 31.6 Å². The predicted molar refractivity (Wildman–Crippen MR) is 123 cm³/mol. The molecule has 1 atom stereocenters. The highest BCUT2D eigenvalue weighted by atomic mass is 16.5. The Kier molecular flexibility index (Phi) is 6.83. The Balaban J connectivity index is 1.55. The quantitative estimate of drug-likeness (QED) is 0.703. The van der Waals surface area contributed by atoms with E-state index in [9.17, 15) is 9.59 Å². The zero-order valence-corrected chi connectivity index (χ0v) is 18.5. The van der Waals surface area contributed by atoms with Gasteiger partial charge in [-0.15, -0.1) is 0 Å². The van der Waals surface area contributed by atoms with Gasteiger partial charge < -0.3 is 25.0 Å². The van der Waals surface area contributed by atoms with Crippen LogP contribution in [0.4, 0.5) is 5.69 Å². The van der Waals surface area contributed by atoms with Crippen LogP contribution in [0.15, 0.2) is 48.5 Å². The molecule has 2 aromatic rings. The lowest BCUT2D eigenvalue weighted by Crippen LogP contribution is -2.58. The van der Waals surface area contributed by atoms with Gasteiger partial charge in [-0.1, -0.05) is 30.3 Å². The zero-order valence-electron chi connectivity index (χ0n) is 18.5. The largest absolute Gasteiger partial charge is 0.493 e. The molecule has 32 heavy (non-hydrogen) atoms. The van der Waals surface area contributed by atoms with E-state index in [1.807, 2.05) is 48.5 Å². The summed E-state index contributed by atoms with van der Waals surface area (Å²) in [5, 5.41) is 0. The molecule has 1 saturated carbocycles. The van der Waals surface area contributed by atoms with Gasteiger partial charge in [-0.2, -0.15) is 0 Å². The smallest absolute Gasteiger partial charge is 0.312 e. The topological polar surface area (TPSA) is 85.1 Å². The fourth-order valence-corrected chi connectivity index (χ4v) is 4.70. The Labute approximate surface area is 189 Å². The number of anilines is 1. The number of hydrogen-bond donors (Lipinski definition) is 1. The van der Waals surface area contributed by atoms with Crippen LogP contribution in [0.3, 0.4) is 0 Å². The number of methoxy groups -OCH3 is 1. The molecule has 7 heteroatoms. The van der Waals surface area contributed by atoms with E-state index >= 15 is 0 Å². The minimum absolute atomic E-state index is 0.160. The lowest BCUT2D eigenvalue weighted by Gasteiger charge is -2.42. The second-order valence-electron chi connectivity index (χ2n) is 8.51. The van der Waals surface area contributed by atoms with Gasteiger partial charge in [0.05, 0.1) is 19.3 Å². The number of nitrogens with two attached hydrogens (primary N) is 1. The monoisotopic (exact) mass is 437 g/mol. The van der Waals surface area contributed by atoms with Gasteiger partial charge in [-0.3, -0.25) is 9.59 Å². The van der Waals surface area contributed by atoms with Crippen molar-refractivity contribution in [1.29, 1.82) is 0 Å². The lowest BCUT2D eigenvalue weighted by molar-refractivity contribution is -0.146. The van der Waals surface area contributed by atoms with Crippen LogP contribution in [-0.4, -0.2) is 55.6 Å². The second-order valence-corrected chi connectivity index (χ2v) is 8.51. The van der Waals surface area contributed by atoms with E-state index in [1.54, 1.807) is 12.0 Å². The summed E-state index contributed by atoms with van der Waals surface area (Å²) in [6.07, 6.45) is 5.42. The molecule has 1 aliphatic heterocycles. The van der Waals surface area contributed by atoms with Crippen molar-refractivity contribution in [3.05, 3.63) is 54.1 Å². The van der Waals surface area contributed by atoms with E-state index in [1.165, 1.54) is 12.8 Å². The summed E-state index contributed by atoms with van der Waals surface area (Å²) in [7, 11) is 1.65. The van der Waals surface area contributed by atoms with Crippen molar-refractivity contribution in [2.45, 2.75) is 44.2 Å². The van der Waals surface area contributed by atoms with E-state index < -0.39 is 11.8 Å². The molecule has 0 bridgehead atoms. The number of ether oxygens (including phenoxy) is 2. The first-order chi connectivity index (χ1) is 15.5. The molecule has 7 nitrogen and oxygen atoms in total. The first kappa shape index (κ1) is 22.0. The Bertz CT molecular complexity index is 943. The molecule has 2 aromatic carbocycles. The Morgan fingerprint density at radius 3 is 2.47 bits per heavy atom. The molecular formula is C25H31N3O4. The molecule has 0 unspecified atom stereocenters. The Hall–Kier alpha value is -3.22. The predicted octanol–water partition coefficient (Wildman–Crippen LogP) is 2.76. The molecule has 2 aliphatic rings. The average molecular weight is 438 g/mol. The molecular weight excluding hydrogens is 406 g/mol. The minimum Gasteiger partial charge on any atom is -0.493 e. The zero-order chi connectivity index (χ0) is 22.5. The molecule has 170 valence electrons. The number of piperazine rings is 1. The van der Waals surface area contributed by atoms with E-state index in [0.29, 0.717) is 26.1 Å². The van der Waals surface area contributed by atoms with E-state index in [-0.39, 0.29) is 12.1 Å². The molecule has 0 spiro atoms. The van der Waals surface area contributed by atoms with Crippen LogP contribution in [0.25, 0.3) is 0 Å². The number of carbonyl (C=O) groups excluding carboxylic acids is 2. The van der Waals surface area contributed by atoms with Crippen LogP contribution in [0, 0.1) is 0 Å². The highest BCUT2D eigenvalue weighted by Gasteiger charge is 2.33. The maximum absolute atomic E-state index is 12.5. The molecule has 1 aliphatic carbocycles. The third-order valence-corrected chi connectivity index (χ3v) is 6.38. The lowest BCUT2D eigenvalue weighted by atomic mass is 10.0.